The number of nitrogens with zero attached hydrogens (tertiary/aromatic N) is 2. The minimum Gasteiger partial charge on any atom is -0.418 e. The SMILES string of the molecule is Cc1ccc(-c2nc3cc(F)cnc3o2)cc1C. The Kier molecular flexibility index (Phi) is 2.37. The molecule has 0 fully saturated rings. The third kappa shape index (κ3) is 1.76. The second kappa shape index (κ2) is 3.91. The van der Waals surface area contributed by atoms with E-state index in [1.165, 1.54) is 11.6 Å². The highest BCUT2D eigenvalue weighted by molar-refractivity contribution is 5.72. The molecule has 0 amide bonds. The van der Waals surface area contributed by atoms with E-state index >= 15 is 0 Å². The fourth-order valence-corrected chi connectivity index (χ4v) is 1.80. The van der Waals surface area contributed by atoms with Crippen LogP contribution in [-0.4, -0.2) is 9.97 Å². The summed E-state index contributed by atoms with van der Waals surface area (Å²) in [5.41, 5.74) is 4.03. The molecule has 2 heterocycles. The summed E-state index contributed by atoms with van der Waals surface area (Å²) in [6.07, 6.45) is 1.12. The first-order valence-electron chi connectivity index (χ1n) is 5.63. The molecular weight excluding hydrogens is 231 g/mol. The molecule has 0 unspecified atom stereocenters. The predicted octanol–water partition coefficient (Wildman–Crippen LogP) is 3.65. The molecule has 0 atom stereocenters. The van der Waals surface area contributed by atoms with E-state index in [9.17, 15) is 4.39 Å². The van der Waals surface area contributed by atoms with Crippen LogP contribution in [0, 0.1) is 19.7 Å². The summed E-state index contributed by atoms with van der Waals surface area (Å²) in [5.74, 6) is 0.0497. The highest BCUT2D eigenvalue weighted by Gasteiger charge is 2.10. The fourth-order valence-electron chi connectivity index (χ4n) is 1.80. The highest BCUT2D eigenvalue weighted by Crippen LogP contribution is 2.24. The van der Waals surface area contributed by atoms with Gasteiger partial charge in [0.15, 0.2) is 0 Å². The van der Waals surface area contributed by atoms with Crippen molar-refractivity contribution in [3.63, 3.8) is 0 Å². The molecule has 0 bridgehead atoms. The van der Waals surface area contributed by atoms with E-state index in [1.807, 2.05) is 32.0 Å². The molecule has 3 rings (SSSR count). The van der Waals surface area contributed by atoms with Gasteiger partial charge < -0.3 is 4.42 Å². The van der Waals surface area contributed by atoms with Gasteiger partial charge in [0.1, 0.15) is 11.3 Å². The highest BCUT2D eigenvalue weighted by atomic mass is 19.1. The Hall–Kier alpha value is -2.23. The molecule has 0 aliphatic carbocycles. The average Bonchev–Trinajstić information content (AvgIpc) is 2.75. The van der Waals surface area contributed by atoms with Crippen molar-refractivity contribution in [2.75, 3.05) is 0 Å². The molecule has 3 aromatic rings. The first kappa shape index (κ1) is 10.9. The Morgan fingerprint density at radius 1 is 1.11 bits per heavy atom. The fraction of sp³-hybridized carbons (Fsp3) is 0.143. The van der Waals surface area contributed by atoms with E-state index in [4.69, 9.17) is 4.42 Å². The van der Waals surface area contributed by atoms with Gasteiger partial charge in [-0.25, -0.2) is 14.4 Å². The van der Waals surface area contributed by atoms with Crippen molar-refractivity contribution in [1.82, 2.24) is 9.97 Å². The Morgan fingerprint density at radius 3 is 2.72 bits per heavy atom. The van der Waals surface area contributed by atoms with Crippen LogP contribution in [-0.2, 0) is 0 Å². The molecule has 3 nitrogen and oxygen atoms in total. The Bertz CT molecular complexity index is 734. The summed E-state index contributed by atoms with van der Waals surface area (Å²) in [6, 6.07) is 7.25. The third-order valence-corrected chi connectivity index (χ3v) is 2.97. The Morgan fingerprint density at radius 2 is 1.94 bits per heavy atom. The van der Waals surface area contributed by atoms with Gasteiger partial charge in [0.2, 0.25) is 11.6 Å². The summed E-state index contributed by atoms with van der Waals surface area (Å²) in [5, 5.41) is 0. The monoisotopic (exact) mass is 242 g/mol. The molecule has 0 aliphatic rings. The van der Waals surface area contributed by atoms with Crippen LogP contribution in [0.2, 0.25) is 0 Å². The van der Waals surface area contributed by atoms with E-state index in [0.29, 0.717) is 17.1 Å². The maximum absolute atomic E-state index is 13.0. The minimum absolute atomic E-state index is 0.352. The van der Waals surface area contributed by atoms with Gasteiger partial charge in [0.25, 0.3) is 0 Å². The smallest absolute Gasteiger partial charge is 0.247 e. The number of halogens is 1. The zero-order chi connectivity index (χ0) is 12.7. The van der Waals surface area contributed by atoms with Gasteiger partial charge in [-0.2, -0.15) is 0 Å². The standard InChI is InChI=1S/C14H11FN2O/c1-8-3-4-10(5-9(8)2)13-17-12-6-11(15)7-16-14(12)18-13/h3-7H,1-2H3. The number of aryl methyl sites for hydroxylation is 2. The molecule has 0 saturated carbocycles. The zero-order valence-electron chi connectivity index (χ0n) is 10.1. The molecule has 1 aromatic carbocycles. The van der Waals surface area contributed by atoms with Crippen LogP contribution >= 0.6 is 0 Å². The molecule has 0 N–H and O–H groups in total. The van der Waals surface area contributed by atoms with Crippen LogP contribution < -0.4 is 0 Å². The molecule has 18 heavy (non-hydrogen) atoms. The van der Waals surface area contributed by atoms with Crippen molar-refractivity contribution in [1.29, 1.82) is 0 Å². The lowest BCUT2D eigenvalue weighted by Gasteiger charge is -2.00. The summed E-state index contributed by atoms with van der Waals surface area (Å²) >= 11 is 0. The van der Waals surface area contributed by atoms with Crippen LogP contribution in [0.1, 0.15) is 11.1 Å². The lowest BCUT2D eigenvalue weighted by atomic mass is 10.1. The second-order valence-electron chi connectivity index (χ2n) is 4.30. The second-order valence-corrected chi connectivity index (χ2v) is 4.30. The Balaban J connectivity index is 2.16. The van der Waals surface area contributed by atoms with E-state index in [2.05, 4.69) is 9.97 Å². The van der Waals surface area contributed by atoms with Crippen LogP contribution in [0.25, 0.3) is 22.7 Å². The minimum atomic E-state index is -0.414. The Labute approximate surface area is 103 Å². The number of benzene rings is 1. The number of rotatable bonds is 1. The van der Waals surface area contributed by atoms with Crippen molar-refractivity contribution in [2.24, 2.45) is 0 Å². The van der Waals surface area contributed by atoms with Gasteiger partial charge in [-0.3, -0.25) is 0 Å². The molecule has 0 saturated heterocycles. The maximum atomic E-state index is 13.0. The first-order chi connectivity index (χ1) is 8.63. The lowest BCUT2D eigenvalue weighted by Crippen LogP contribution is -1.83. The van der Waals surface area contributed by atoms with Crippen molar-refractivity contribution < 1.29 is 8.81 Å². The predicted molar refractivity (Wildman–Crippen MR) is 66.7 cm³/mol. The number of hydrogen-bond acceptors (Lipinski definition) is 3. The van der Waals surface area contributed by atoms with Gasteiger partial charge in [-0.1, -0.05) is 6.07 Å². The summed E-state index contributed by atoms with van der Waals surface area (Å²) in [4.78, 5) is 8.11. The number of hydrogen-bond donors (Lipinski definition) is 0. The van der Waals surface area contributed by atoms with Crippen LogP contribution in [0.5, 0.6) is 0 Å². The molecule has 2 aromatic heterocycles. The van der Waals surface area contributed by atoms with Crippen LogP contribution in [0.3, 0.4) is 0 Å². The molecule has 4 heteroatoms. The van der Waals surface area contributed by atoms with Gasteiger partial charge in [-0.05, 0) is 37.1 Å². The van der Waals surface area contributed by atoms with Crippen LogP contribution in [0.15, 0.2) is 34.9 Å². The molecule has 0 aliphatic heterocycles. The van der Waals surface area contributed by atoms with E-state index in [-0.39, 0.29) is 0 Å². The third-order valence-electron chi connectivity index (χ3n) is 2.97. The average molecular weight is 242 g/mol. The summed E-state index contributed by atoms with van der Waals surface area (Å²) < 4.78 is 18.5. The van der Waals surface area contributed by atoms with E-state index in [1.54, 1.807) is 0 Å². The zero-order valence-corrected chi connectivity index (χ0v) is 10.1. The van der Waals surface area contributed by atoms with Gasteiger partial charge >= 0.3 is 0 Å². The molecular formula is C14H11FN2O. The number of pyridine rings is 1. The maximum Gasteiger partial charge on any atom is 0.247 e. The first-order valence-corrected chi connectivity index (χ1v) is 5.63. The molecule has 0 radical (unpaired) electrons. The van der Waals surface area contributed by atoms with Crippen molar-refractivity contribution >= 4 is 11.2 Å². The topological polar surface area (TPSA) is 38.9 Å². The number of aromatic nitrogens is 2. The van der Waals surface area contributed by atoms with Gasteiger partial charge in [-0.15, -0.1) is 0 Å². The molecule has 0 spiro atoms. The van der Waals surface area contributed by atoms with E-state index < -0.39 is 5.82 Å². The van der Waals surface area contributed by atoms with Crippen molar-refractivity contribution in [3.05, 3.63) is 47.4 Å². The van der Waals surface area contributed by atoms with Gasteiger partial charge in [0.05, 0.1) is 6.20 Å². The van der Waals surface area contributed by atoms with Crippen molar-refractivity contribution in [3.8, 4) is 11.5 Å². The van der Waals surface area contributed by atoms with Crippen LogP contribution in [0.4, 0.5) is 4.39 Å². The number of oxazole rings is 1. The quantitative estimate of drug-likeness (QED) is 0.653. The van der Waals surface area contributed by atoms with Gasteiger partial charge in [0, 0.05) is 11.6 Å². The van der Waals surface area contributed by atoms with E-state index in [0.717, 1.165) is 17.3 Å². The summed E-state index contributed by atoms with van der Waals surface area (Å²) in [6.45, 7) is 4.07. The molecule has 90 valence electrons. The summed E-state index contributed by atoms with van der Waals surface area (Å²) in [7, 11) is 0. The lowest BCUT2D eigenvalue weighted by molar-refractivity contribution is 0.597. The van der Waals surface area contributed by atoms with Crippen molar-refractivity contribution in [2.45, 2.75) is 13.8 Å². The number of fused-ring (bicyclic) bond motifs is 1. The largest absolute Gasteiger partial charge is 0.418 e. The normalized spacial score (nSPS) is 11.1.